The van der Waals surface area contributed by atoms with Gasteiger partial charge in [-0.1, -0.05) is 12.1 Å². The molecule has 3 rings (SSSR count). The lowest BCUT2D eigenvalue weighted by Gasteiger charge is -2.29. The van der Waals surface area contributed by atoms with Gasteiger partial charge in [0, 0.05) is 44.1 Å². The zero-order valence-corrected chi connectivity index (χ0v) is 17.8. The normalized spacial score (nSPS) is 13.0. The number of esters is 1. The number of benzene rings is 2. The van der Waals surface area contributed by atoms with Crippen molar-refractivity contribution >= 4 is 35.0 Å². The molecule has 32 heavy (non-hydrogen) atoms. The Morgan fingerprint density at radius 1 is 1.25 bits per heavy atom. The molecule has 1 heterocycles. The Labute approximate surface area is 185 Å². The SMILES string of the molecule is CN(C)c1ccc(/C=C(\C#N)C(=O)OCC(=O)N2CCCc3cc([N+](=O)[O-])ccc32)cc1. The second kappa shape index (κ2) is 9.75. The maximum atomic E-state index is 12.7. The summed E-state index contributed by atoms with van der Waals surface area (Å²) in [5.41, 5.74) is 2.64. The van der Waals surface area contributed by atoms with E-state index in [1.54, 1.807) is 12.1 Å². The fourth-order valence-electron chi connectivity index (χ4n) is 3.41. The van der Waals surface area contributed by atoms with E-state index in [1.807, 2.05) is 37.2 Å². The summed E-state index contributed by atoms with van der Waals surface area (Å²) < 4.78 is 5.08. The van der Waals surface area contributed by atoms with Gasteiger partial charge in [-0.25, -0.2) is 4.79 Å². The molecule has 2 aromatic rings. The standard InChI is InChI=1S/C23H22N4O5/c1-25(2)19-7-5-16(6-8-19)12-18(14-24)23(29)32-15-22(28)26-11-3-4-17-13-20(27(30)31)9-10-21(17)26/h5-10,12-13H,3-4,11,15H2,1-2H3/b18-12+. The largest absolute Gasteiger partial charge is 0.451 e. The van der Waals surface area contributed by atoms with E-state index in [4.69, 9.17) is 4.74 Å². The van der Waals surface area contributed by atoms with E-state index < -0.39 is 23.4 Å². The lowest BCUT2D eigenvalue weighted by Crippen LogP contribution is -2.38. The molecular formula is C23H22N4O5. The van der Waals surface area contributed by atoms with Gasteiger partial charge in [-0.2, -0.15) is 5.26 Å². The summed E-state index contributed by atoms with van der Waals surface area (Å²) in [6.45, 7) is -0.117. The molecule has 2 aromatic carbocycles. The van der Waals surface area contributed by atoms with Gasteiger partial charge in [0.25, 0.3) is 11.6 Å². The molecule has 1 aliphatic heterocycles. The van der Waals surface area contributed by atoms with Crippen LogP contribution in [0.4, 0.5) is 17.1 Å². The fourth-order valence-corrected chi connectivity index (χ4v) is 3.41. The van der Waals surface area contributed by atoms with Gasteiger partial charge in [-0.3, -0.25) is 14.9 Å². The zero-order valence-electron chi connectivity index (χ0n) is 17.8. The van der Waals surface area contributed by atoms with E-state index in [9.17, 15) is 25.0 Å². The van der Waals surface area contributed by atoms with Crippen molar-refractivity contribution in [3.63, 3.8) is 0 Å². The van der Waals surface area contributed by atoms with Crippen LogP contribution in [0.5, 0.6) is 0 Å². The number of rotatable bonds is 6. The number of carbonyl (C=O) groups is 2. The van der Waals surface area contributed by atoms with Gasteiger partial charge < -0.3 is 14.5 Å². The van der Waals surface area contributed by atoms with Gasteiger partial charge >= 0.3 is 5.97 Å². The van der Waals surface area contributed by atoms with Crippen LogP contribution < -0.4 is 9.80 Å². The Morgan fingerprint density at radius 3 is 2.59 bits per heavy atom. The number of hydrogen-bond acceptors (Lipinski definition) is 7. The molecule has 164 valence electrons. The molecule has 0 radical (unpaired) electrons. The third-order valence-electron chi connectivity index (χ3n) is 5.08. The molecular weight excluding hydrogens is 412 g/mol. The van der Waals surface area contributed by atoms with Crippen LogP contribution in [0, 0.1) is 21.4 Å². The fraction of sp³-hybridized carbons (Fsp3) is 0.261. The summed E-state index contributed by atoms with van der Waals surface area (Å²) >= 11 is 0. The number of nitrogens with zero attached hydrogens (tertiary/aromatic N) is 4. The summed E-state index contributed by atoms with van der Waals surface area (Å²) in [5.74, 6) is -1.35. The third-order valence-corrected chi connectivity index (χ3v) is 5.08. The third kappa shape index (κ3) is 5.10. The Bertz CT molecular complexity index is 1120. The summed E-state index contributed by atoms with van der Waals surface area (Å²) in [7, 11) is 3.81. The van der Waals surface area contributed by atoms with Gasteiger partial charge in [0.15, 0.2) is 6.61 Å². The number of carbonyl (C=O) groups excluding carboxylic acids is 2. The van der Waals surface area contributed by atoms with E-state index in [1.165, 1.54) is 29.2 Å². The van der Waals surface area contributed by atoms with Crippen LogP contribution in [-0.2, 0) is 20.7 Å². The van der Waals surface area contributed by atoms with E-state index in [-0.39, 0.29) is 11.3 Å². The number of nitriles is 1. The van der Waals surface area contributed by atoms with Crippen LogP contribution in [0.25, 0.3) is 6.08 Å². The molecule has 0 aliphatic carbocycles. The van der Waals surface area contributed by atoms with Crippen LogP contribution in [-0.4, -0.2) is 44.0 Å². The van der Waals surface area contributed by atoms with Gasteiger partial charge in [-0.15, -0.1) is 0 Å². The van der Waals surface area contributed by atoms with Crippen molar-refractivity contribution in [3.05, 3.63) is 69.3 Å². The maximum Gasteiger partial charge on any atom is 0.349 e. The minimum Gasteiger partial charge on any atom is -0.451 e. The molecule has 0 saturated heterocycles. The molecule has 9 nitrogen and oxygen atoms in total. The van der Waals surface area contributed by atoms with Crippen LogP contribution in [0.2, 0.25) is 0 Å². The number of nitro groups is 1. The Balaban J connectivity index is 1.67. The molecule has 0 atom stereocenters. The Hall–Kier alpha value is -4.19. The van der Waals surface area contributed by atoms with Gasteiger partial charge in [0.1, 0.15) is 11.6 Å². The van der Waals surface area contributed by atoms with Crippen molar-refractivity contribution < 1.29 is 19.2 Å². The van der Waals surface area contributed by atoms with Gasteiger partial charge in [0.2, 0.25) is 0 Å². The monoisotopic (exact) mass is 434 g/mol. The topological polar surface area (TPSA) is 117 Å². The Morgan fingerprint density at radius 2 is 1.97 bits per heavy atom. The lowest BCUT2D eigenvalue weighted by molar-refractivity contribution is -0.384. The van der Waals surface area contributed by atoms with Crippen LogP contribution >= 0.6 is 0 Å². The molecule has 0 bridgehead atoms. The number of nitro benzene ring substituents is 1. The molecule has 0 N–H and O–H groups in total. The Kier molecular flexibility index (Phi) is 6.85. The lowest BCUT2D eigenvalue weighted by atomic mass is 10.0. The molecule has 1 aliphatic rings. The molecule has 9 heteroatoms. The summed E-state index contributed by atoms with van der Waals surface area (Å²) in [6, 6.07) is 13.4. The van der Waals surface area contributed by atoms with Crippen molar-refractivity contribution in [1.82, 2.24) is 0 Å². The first-order valence-electron chi connectivity index (χ1n) is 9.94. The highest BCUT2D eigenvalue weighted by molar-refractivity contribution is 6.01. The number of aryl methyl sites for hydroxylation is 1. The first kappa shape index (κ1) is 22.5. The minimum absolute atomic E-state index is 0.0353. The predicted molar refractivity (Wildman–Crippen MR) is 119 cm³/mol. The molecule has 0 saturated carbocycles. The van der Waals surface area contributed by atoms with Crippen LogP contribution in [0.1, 0.15) is 17.5 Å². The average Bonchev–Trinajstić information content (AvgIpc) is 2.80. The van der Waals surface area contributed by atoms with Crippen LogP contribution in [0.15, 0.2) is 48.0 Å². The number of hydrogen-bond donors (Lipinski definition) is 0. The zero-order chi connectivity index (χ0) is 23.3. The number of anilines is 2. The number of amides is 1. The van der Waals surface area contributed by atoms with Crippen molar-refractivity contribution in [2.45, 2.75) is 12.8 Å². The van der Waals surface area contributed by atoms with E-state index >= 15 is 0 Å². The average molecular weight is 434 g/mol. The van der Waals surface area contributed by atoms with E-state index in [0.717, 1.165) is 5.69 Å². The smallest absolute Gasteiger partial charge is 0.349 e. The molecule has 0 fully saturated rings. The van der Waals surface area contributed by atoms with Crippen molar-refractivity contribution in [1.29, 1.82) is 5.26 Å². The highest BCUT2D eigenvalue weighted by atomic mass is 16.6. The minimum atomic E-state index is -0.890. The summed E-state index contributed by atoms with van der Waals surface area (Å²) in [5, 5.41) is 20.3. The number of fused-ring (bicyclic) bond motifs is 1. The first-order chi connectivity index (χ1) is 15.3. The van der Waals surface area contributed by atoms with Crippen molar-refractivity contribution in [2.24, 2.45) is 0 Å². The predicted octanol–water partition coefficient (Wildman–Crippen LogP) is 3.09. The molecule has 1 amide bonds. The molecule has 0 aromatic heterocycles. The van der Waals surface area contributed by atoms with Crippen molar-refractivity contribution in [3.8, 4) is 6.07 Å². The van der Waals surface area contributed by atoms with Crippen molar-refractivity contribution in [2.75, 3.05) is 37.0 Å². The van der Waals surface area contributed by atoms with E-state index in [2.05, 4.69) is 0 Å². The molecule has 0 spiro atoms. The van der Waals surface area contributed by atoms with Gasteiger partial charge in [0.05, 0.1) is 4.92 Å². The van der Waals surface area contributed by atoms with E-state index in [0.29, 0.717) is 36.2 Å². The second-order valence-electron chi connectivity index (χ2n) is 7.45. The van der Waals surface area contributed by atoms with Gasteiger partial charge in [-0.05, 0) is 48.2 Å². The van der Waals surface area contributed by atoms with Crippen LogP contribution in [0.3, 0.4) is 0 Å². The second-order valence-corrected chi connectivity index (χ2v) is 7.45. The maximum absolute atomic E-state index is 12.7. The summed E-state index contributed by atoms with van der Waals surface area (Å²) in [6.07, 6.45) is 2.66. The molecule has 0 unspecified atom stereocenters. The first-order valence-corrected chi connectivity index (χ1v) is 9.94. The highest BCUT2D eigenvalue weighted by Gasteiger charge is 2.25. The highest BCUT2D eigenvalue weighted by Crippen LogP contribution is 2.30. The quantitative estimate of drug-likeness (QED) is 0.225. The number of non-ortho nitro benzene ring substituents is 1. The summed E-state index contributed by atoms with van der Waals surface area (Å²) in [4.78, 5) is 38.9. The number of ether oxygens (including phenoxy) is 1.